The molecule has 0 saturated carbocycles. The van der Waals surface area contributed by atoms with Gasteiger partial charge in [-0.2, -0.15) is 0 Å². The summed E-state index contributed by atoms with van der Waals surface area (Å²) in [5, 5.41) is 0. The molecule has 0 aromatic rings. The average Bonchev–Trinajstić information content (AvgIpc) is 3.34. The molecule has 0 N–H and O–H groups in total. The standard InChI is InChI=1S/C63H116O5/c1-4-7-10-13-16-19-22-25-28-30-31-32-33-34-36-39-42-45-48-51-54-57-63(65)68-60-61(66-58-55-52-49-46-43-40-37-29-26-23-20-17-14-11-8-5-2)59-67-62(64)56-53-50-47-44-41-38-35-27-24-21-18-15-12-9-6-3/h9,12,18,21,27,35,41,44,61H,4-8,10-11,13-17,19-20,22-26,28-34,36-40,42-43,45-60H2,1-3H3/b12-9-,21-18-,35-27-,44-41-/t61-/m1/s1. The summed E-state index contributed by atoms with van der Waals surface area (Å²) in [7, 11) is 0. The molecule has 0 rings (SSSR count). The van der Waals surface area contributed by atoms with Crippen LogP contribution in [0.25, 0.3) is 0 Å². The number of esters is 2. The highest BCUT2D eigenvalue weighted by atomic mass is 16.6. The summed E-state index contributed by atoms with van der Waals surface area (Å²) >= 11 is 0. The predicted octanol–water partition coefficient (Wildman–Crippen LogP) is 20.7. The number of hydrogen-bond acceptors (Lipinski definition) is 5. The van der Waals surface area contributed by atoms with Crippen molar-refractivity contribution in [3.8, 4) is 0 Å². The highest BCUT2D eigenvalue weighted by molar-refractivity contribution is 5.69. The van der Waals surface area contributed by atoms with Crippen LogP contribution in [0.3, 0.4) is 0 Å². The van der Waals surface area contributed by atoms with Crippen molar-refractivity contribution in [3.63, 3.8) is 0 Å². The molecule has 0 saturated heterocycles. The molecule has 0 aromatic heterocycles. The largest absolute Gasteiger partial charge is 0.463 e. The van der Waals surface area contributed by atoms with Crippen LogP contribution in [0.5, 0.6) is 0 Å². The second-order valence-corrected chi connectivity index (χ2v) is 20.2. The van der Waals surface area contributed by atoms with Gasteiger partial charge in [-0.15, -0.1) is 0 Å². The summed E-state index contributed by atoms with van der Waals surface area (Å²) in [5.41, 5.74) is 0. The monoisotopic (exact) mass is 953 g/mol. The van der Waals surface area contributed by atoms with Crippen LogP contribution >= 0.6 is 0 Å². The number of rotatable bonds is 56. The molecule has 0 aliphatic carbocycles. The molecule has 1 atom stereocenters. The lowest BCUT2D eigenvalue weighted by molar-refractivity contribution is -0.155. The highest BCUT2D eigenvalue weighted by Gasteiger charge is 2.16. The van der Waals surface area contributed by atoms with Crippen molar-refractivity contribution in [3.05, 3.63) is 48.6 Å². The predicted molar refractivity (Wildman–Crippen MR) is 298 cm³/mol. The van der Waals surface area contributed by atoms with Crippen LogP contribution in [0.4, 0.5) is 0 Å². The molecule has 0 fully saturated rings. The van der Waals surface area contributed by atoms with E-state index in [4.69, 9.17) is 14.2 Å². The number of carbonyl (C=O) groups is 2. The van der Waals surface area contributed by atoms with Gasteiger partial charge in [-0.05, 0) is 57.8 Å². The molecule has 0 heterocycles. The van der Waals surface area contributed by atoms with Crippen LogP contribution < -0.4 is 0 Å². The lowest BCUT2D eigenvalue weighted by Crippen LogP contribution is -2.29. The maximum Gasteiger partial charge on any atom is 0.305 e. The number of ether oxygens (including phenoxy) is 3. The van der Waals surface area contributed by atoms with Gasteiger partial charge in [0.05, 0.1) is 0 Å². The van der Waals surface area contributed by atoms with Gasteiger partial charge in [0.15, 0.2) is 0 Å². The zero-order valence-corrected chi connectivity index (χ0v) is 45.9. The van der Waals surface area contributed by atoms with E-state index < -0.39 is 6.10 Å². The first-order valence-corrected chi connectivity index (χ1v) is 30.2. The molecule has 0 amide bonds. The van der Waals surface area contributed by atoms with Gasteiger partial charge in [-0.1, -0.05) is 294 Å². The highest BCUT2D eigenvalue weighted by Crippen LogP contribution is 2.17. The second kappa shape index (κ2) is 59.2. The summed E-state index contributed by atoms with van der Waals surface area (Å²) in [6.07, 6.45) is 74.6. The normalized spacial score (nSPS) is 12.5. The van der Waals surface area contributed by atoms with Gasteiger partial charge in [0.2, 0.25) is 0 Å². The van der Waals surface area contributed by atoms with Crippen molar-refractivity contribution in [1.29, 1.82) is 0 Å². The van der Waals surface area contributed by atoms with Crippen LogP contribution in [0.2, 0.25) is 0 Å². The Kier molecular flexibility index (Phi) is 57.3. The molecule has 398 valence electrons. The van der Waals surface area contributed by atoms with Gasteiger partial charge in [0.25, 0.3) is 0 Å². The SMILES string of the molecule is CC/C=C\C/C=C\C/C=C\C/C=C\CCCCC(=O)OC[C@H](COC(=O)CCCCCCCCCCCCCCCCCCCCCCC)OCCCCCCCCCCCCCCCCCC. The smallest absolute Gasteiger partial charge is 0.305 e. The molecule has 0 aliphatic heterocycles. The first-order chi connectivity index (χ1) is 33.6. The van der Waals surface area contributed by atoms with Crippen molar-refractivity contribution < 1.29 is 23.8 Å². The quantitative estimate of drug-likeness (QED) is 0.0345. The summed E-state index contributed by atoms with van der Waals surface area (Å²) in [4.78, 5) is 25.3. The number of carbonyl (C=O) groups excluding carboxylic acids is 2. The molecule has 0 bridgehead atoms. The number of allylic oxidation sites excluding steroid dienone is 8. The lowest BCUT2D eigenvalue weighted by atomic mass is 10.0. The minimum absolute atomic E-state index is 0.140. The third kappa shape index (κ3) is 56.4. The van der Waals surface area contributed by atoms with Crippen LogP contribution in [0.15, 0.2) is 48.6 Å². The molecule has 5 nitrogen and oxygen atoms in total. The Labute approximate surface area is 424 Å². The zero-order valence-electron chi connectivity index (χ0n) is 45.9. The van der Waals surface area contributed by atoms with E-state index in [0.29, 0.717) is 19.4 Å². The minimum atomic E-state index is -0.414. The Morgan fingerprint density at radius 3 is 0.941 bits per heavy atom. The molecule has 0 aliphatic rings. The van der Waals surface area contributed by atoms with Crippen LogP contribution in [0.1, 0.15) is 316 Å². The summed E-state index contributed by atoms with van der Waals surface area (Å²) in [5.74, 6) is -0.363. The number of unbranched alkanes of at least 4 members (excludes halogenated alkanes) is 37. The van der Waals surface area contributed by atoms with Gasteiger partial charge in [0.1, 0.15) is 19.3 Å². The van der Waals surface area contributed by atoms with Crippen LogP contribution in [0, 0.1) is 0 Å². The Morgan fingerprint density at radius 1 is 0.324 bits per heavy atom. The van der Waals surface area contributed by atoms with E-state index in [1.807, 2.05) is 0 Å². The third-order valence-electron chi connectivity index (χ3n) is 13.4. The summed E-state index contributed by atoms with van der Waals surface area (Å²) in [6, 6.07) is 0. The molecule has 5 heteroatoms. The molecule has 0 unspecified atom stereocenters. The third-order valence-corrected chi connectivity index (χ3v) is 13.4. The van der Waals surface area contributed by atoms with Crippen molar-refractivity contribution in [2.24, 2.45) is 0 Å². The fourth-order valence-electron chi connectivity index (χ4n) is 8.89. The first-order valence-electron chi connectivity index (χ1n) is 30.2. The second-order valence-electron chi connectivity index (χ2n) is 20.2. The van der Waals surface area contributed by atoms with Crippen molar-refractivity contribution in [1.82, 2.24) is 0 Å². The topological polar surface area (TPSA) is 61.8 Å². The average molecular weight is 954 g/mol. The van der Waals surface area contributed by atoms with Gasteiger partial charge in [0, 0.05) is 19.4 Å². The Hall–Kier alpha value is -2.14. The fourth-order valence-corrected chi connectivity index (χ4v) is 8.89. The van der Waals surface area contributed by atoms with Crippen molar-refractivity contribution in [2.45, 2.75) is 322 Å². The summed E-state index contributed by atoms with van der Waals surface area (Å²) < 4.78 is 17.5. The summed E-state index contributed by atoms with van der Waals surface area (Å²) in [6.45, 7) is 7.63. The first kappa shape index (κ1) is 65.9. The van der Waals surface area contributed by atoms with Gasteiger partial charge in [-0.3, -0.25) is 9.59 Å². The van der Waals surface area contributed by atoms with E-state index >= 15 is 0 Å². The van der Waals surface area contributed by atoms with E-state index in [9.17, 15) is 9.59 Å². The Balaban J connectivity index is 4.23. The van der Waals surface area contributed by atoms with Gasteiger partial charge >= 0.3 is 11.9 Å². The van der Waals surface area contributed by atoms with Gasteiger partial charge in [-0.25, -0.2) is 0 Å². The Morgan fingerprint density at radius 2 is 0.603 bits per heavy atom. The molecular weight excluding hydrogens is 837 g/mol. The van der Waals surface area contributed by atoms with Gasteiger partial charge < -0.3 is 14.2 Å². The molecule has 0 radical (unpaired) electrons. The molecular formula is C63H116O5. The van der Waals surface area contributed by atoms with E-state index in [-0.39, 0.29) is 25.2 Å². The molecule has 68 heavy (non-hydrogen) atoms. The lowest BCUT2D eigenvalue weighted by Gasteiger charge is -2.18. The van der Waals surface area contributed by atoms with Crippen LogP contribution in [-0.4, -0.2) is 37.9 Å². The van der Waals surface area contributed by atoms with E-state index in [0.717, 1.165) is 70.6 Å². The fraction of sp³-hybridized carbons (Fsp3) is 0.841. The van der Waals surface area contributed by atoms with E-state index in [1.54, 1.807) is 0 Å². The van der Waals surface area contributed by atoms with E-state index in [1.165, 1.54) is 212 Å². The van der Waals surface area contributed by atoms with Crippen molar-refractivity contribution in [2.75, 3.05) is 19.8 Å². The Bertz CT molecular complexity index is 1120. The maximum atomic E-state index is 12.7. The number of hydrogen-bond donors (Lipinski definition) is 0. The van der Waals surface area contributed by atoms with Crippen molar-refractivity contribution >= 4 is 11.9 Å². The zero-order chi connectivity index (χ0) is 49.2. The molecule has 0 spiro atoms. The minimum Gasteiger partial charge on any atom is -0.463 e. The van der Waals surface area contributed by atoms with E-state index in [2.05, 4.69) is 69.4 Å². The maximum absolute atomic E-state index is 12.7. The van der Waals surface area contributed by atoms with Crippen LogP contribution in [-0.2, 0) is 23.8 Å². The molecule has 0 aromatic carbocycles.